The van der Waals surface area contributed by atoms with Crippen molar-refractivity contribution in [2.24, 2.45) is 0 Å². The Hall–Kier alpha value is -0.120. The first-order valence-corrected chi connectivity index (χ1v) is 5.92. The molecule has 1 N–H and O–H groups in total. The van der Waals surface area contributed by atoms with Crippen LogP contribution in [-0.2, 0) is 4.74 Å². The highest BCUT2D eigenvalue weighted by Crippen LogP contribution is 2.10. The van der Waals surface area contributed by atoms with E-state index in [1.165, 1.54) is 38.9 Å². The standard InChI is InChI=1S/C11H22N2O/c1-10-8-13(6-3-7-14-10)9-11-4-2-5-12-11/h10-12H,2-9H2,1H3/t10?,11-/m1/s1. The fourth-order valence-electron chi connectivity index (χ4n) is 2.47. The Morgan fingerprint density at radius 1 is 1.43 bits per heavy atom. The van der Waals surface area contributed by atoms with Crippen LogP contribution in [0.2, 0.25) is 0 Å². The molecule has 0 radical (unpaired) electrons. The van der Waals surface area contributed by atoms with Crippen LogP contribution in [0, 0.1) is 0 Å². The second-order valence-electron chi connectivity index (χ2n) is 4.59. The predicted molar refractivity (Wildman–Crippen MR) is 57.5 cm³/mol. The Morgan fingerprint density at radius 3 is 3.14 bits per heavy atom. The molecule has 1 unspecified atom stereocenters. The van der Waals surface area contributed by atoms with Crippen LogP contribution in [0.1, 0.15) is 26.2 Å². The minimum atomic E-state index is 0.416. The summed E-state index contributed by atoms with van der Waals surface area (Å²) in [4.78, 5) is 2.56. The molecule has 0 aromatic rings. The van der Waals surface area contributed by atoms with Crippen LogP contribution in [0.15, 0.2) is 0 Å². The van der Waals surface area contributed by atoms with E-state index in [0.717, 1.165) is 19.2 Å². The number of hydrogen-bond acceptors (Lipinski definition) is 3. The van der Waals surface area contributed by atoms with Crippen molar-refractivity contribution in [1.82, 2.24) is 10.2 Å². The fraction of sp³-hybridized carbons (Fsp3) is 1.00. The molecule has 82 valence electrons. The first-order chi connectivity index (χ1) is 6.84. The van der Waals surface area contributed by atoms with Gasteiger partial charge in [0.1, 0.15) is 0 Å². The van der Waals surface area contributed by atoms with Gasteiger partial charge in [0.05, 0.1) is 6.10 Å². The normalized spacial score (nSPS) is 35.8. The lowest BCUT2D eigenvalue weighted by molar-refractivity contribution is 0.0667. The molecule has 14 heavy (non-hydrogen) atoms. The minimum absolute atomic E-state index is 0.416. The Morgan fingerprint density at radius 2 is 2.36 bits per heavy atom. The maximum absolute atomic E-state index is 5.64. The third-order valence-corrected chi connectivity index (χ3v) is 3.18. The molecule has 2 atom stereocenters. The zero-order chi connectivity index (χ0) is 9.80. The topological polar surface area (TPSA) is 24.5 Å². The maximum Gasteiger partial charge on any atom is 0.0673 e. The Labute approximate surface area is 86.8 Å². The summed E-state index contributed by atoms with van der Waals surface area (Å²) >= 11 is 0. The van der Waals surface area contributed by atoms with E-state index in [4.69, 9.17) is 4.74 Å². The monoisotopic (exact) mass is 198 g/mol. The average molecular weight is 198 g/mol. The van der Waals surface area contributed by atoms with Gasteiger partial charge in [-0.1, -0.05) is 0 Å². The van der Waals surface area contributed by atoms with Gasteiger partial charge < -0.3 is 10.1 Å². The van der Waals surface area contributed by atoms with E-state index in [9.17, 15) is 0 Å². The molecule has 0 saturated carbocycles. The molecular weight excluding hydrogens is 176 g/mol. The number of ether oxygens (including phenoxy) is 1. The van der Waals surface area contributed by atoms with Crippen molar-refractivity contribution in [3.8, 4) is 0 Å². The average Bonchev–Trinajstić information content (AvgIpc) is 2.56. The van der Waals surface area contributed by atoms with Crippen molar-refractivity contribution in [3.05, 3.63) is 0 Å². The van der Waals surface area contributed by atoms with Crippen LogP contribution in [0.5, 0.6) is 0 Å². The maximum atomic E-state index is 5.64. The second-order valence-corrected chi connectivity index (χ2v) is 4.59. The largest absolute Gasteiger partial charge is 0.377 e. The molecule has 2 heterocycles. The van der Waals surface area contributed by atoms with Crippen molar-refractivity contribution in [1.29, 1.82) is 0 Å². The summed E-state index contributed by atoms with van der Waals surface area (Å²) in [6.45, 7) is 7.87. The van der Waals surface area contributed by atoms with Crippen molar-refractivity contribution in [2.45, 2.75) is 38.3 Å². The van der Waals surface area contributed by atoms with E-state index < -0.39 is 0 Å². The second kappa shape index (κ2) is 5.10. The summed E-state index contributed by atoms with van der Waals surface area (Å²) in [5.41, 5.74) is 0. The predicted octanol–water partition coefficient (Wildman–Crippen LogP) is 0.849. The lowest BCUT2D eigenvalue weighted by Gasteiger charge is -2.24. The van der Waals surface area contributed by atoms with Crippen LogP contribution < -0.4 is 5.32 Å². The van der Waals surface area contributed by atoms with E-state index in [1.54, 1.807) is 0 Å². The van der Waals surface area contributed by atoms with Crippen LogP contribution in [0.25, 0.3) is 0 Å². The van der Waals surface area contributed by atoms with E-state index in [2.05, 4.69) is 17.1 Å². The quantitative estimate of drug-likeness (QED) is 0.712. The molecule has 3 heteroatoms. The molecule has 2 rings (SSSR count). The van der Waals surface area contributed by atoms with E-state index in [-0.39, 0.29) is 0 Å². The molecule has 2 saturated heterocycles. The van der Waals surface area contributed by atoms with Gasteiger partial charge in [-0.2, -0.15) is 0 Å². The summed E-state index contributed by atoms with van der Waals surface area (Å²) in [7, 11) is 0. The third kappa shape index (κ3) is 2.94. The van der Waals surface area contributed by atoms with E-state index in [0.29, 0.717) is 6.10 Å². The fourth-order valence-corrected chi connectivity index (χ4v) is 2.47. The van der Waals surface area contributed by atoms with Crippen molar-refractivity contribution >= 4 is 0 Å². The first kappa shape index (κ1) is 10.4. The summed E-state index contributed by atoms with van der Waals surface area (Å²) in [5.74, 6) is 0. The summed E-state index contributed by atoms with van der Waals surface area (Å²) in [6, 6.07) is 0.736. The summed E-state index contributed by atoms with van der Waals surface area (Å²) in [6.07, 6.45) is 4.31. The van der Waals surface area contributed by atoms with Gasteiger partial charge in [0.15, 0.2) is 0 Å². The molecule has 0 spiro atoms. The molecule has 2 aliphatic rings. The highest BCUT2D eigenvalue weighted by atomic mass is 16.5. The molecule has 0 aliphatic carbocycles. The Bertz CT molecular complexity index is 169. The number of rotatable bonds is 2. The highest BCUT2D eigenvalue weighted by molar-refractivity contribution is 4.79. The van der Waals surface area contributed by atoms with E-state index >= 15 is 0 Å². The van der Waals surface area contributed by atoms with Gasteiger partial charge in [-0.15, -0.1) is 0 Å². The first-order valence-electron chi connectivity index (χ1n) is 5.92. The molecule has 0 aromatic heterocycles. The summed E-state index contributed by atoms with van der Waals surface area (Å²) < 4.78 is 5.64. The number of hydrogen-bond donors (Lipinski definition) is 1. The van der Waals surface area contributed by atoms with Crippen LogP contribution in [0.4, 0.5) is 0 Å². The SMILES string of the molecule is CC1CN(C[C@H]2CCCN2)CCCO1. The molecule has 2 fully saturated rings. The van der Waals surface area contributed by atoms with Crippen LogP contribution in [0.3, 0.4) is 0 Å². The van der Waals surface area contributed by atoms with Crippen molar-refractivity contribution in [3.63, 3.8) is 0 Å². The van der Waals surface area contributed by atoms with Gasteiger partial charge in [-0.05, 0) is 32.7 Å². The van der Waals surface area contributed by atoms with Gasteiger partial charge >= 0.3 is 0 Å². The molecule has 2 aliphatic heterocycles. The lowest BCUT2D eigenvalue weighted by Crippen LogP contribution is -2.40. The smallest absolute Gasteiger partial charge is 0.0673 e. The van der Waals surface area contributed by atoms with Gasteiger partial charge in [0.2, 0.25) is 0 Å². The van der Waals surface area contributed by atoms with Gasteiger partial charge in [0, 0.05) is 32.3 Å². The third-order valence-electron chi connectivity index (χ3n) is 3.18. The minimum Gasteiger partial charge on any atom is -0.377 e. The van der Waals surface area contributed by atoms with E-state index in [1.807, 2.05) is 0 Å². The zero-order valence-electron chi connectivity index (χ0n) is 9.17. The molecule has 0 aromatic carbocycles. The van der Waals surface area contributed by atoms with Crippen molar-refractivity contribution in [2.75, 3.05) is 32.8 Å². The number of nitrogens with zero attached hydrogens (tertiary/aromatic N) is 1. The summed E-state index contributed by atoms with van der Waals surface area (Å²) in [5, 5.41) is 3.56. The van der Waals surface area contributed by atoms with Gasteiger partial charge in [-0.3, -0.25) is 4.90 Å². The molecule has 0 amide bonds. The highest BCUT2D eigenvalue weighted by Gasteiger charge is 2.20. The molecular formula is C11H22N2O. The van der Waals surface area contributed by atoms with Gasteiger partial charge in [-0.25, -0.2) is 0 Å². The molecule has 0 bridgehead atoms. The zero-order valence-corrected chi connectivity index (χ0v) is 9.17. The van der Waals surface area contributed by atoms with Crippen LogP contribution in [-0.4, -0.2) is 49.8 Å². The van der Waals surface area contributed by atoms with Gasteiger partial charge in [0.25, 0.3) is 0 Å². The number of nitrogens with one attached hydrogen (secondary N) is 1. The molecule has 3 nitrogen and oxygen atoms in total. The lowest BCUT2D eigenvalue weighted by atomic mass is 10.2. The Balaban J connectivity index is 1.77. The van der Waals surface area contributed by atoms with Crippen LogP contribution >= 0.6 is 0 Å². The van der Waals surface area contributed by atoms with Crippen molar-refractivity contribution < 1.29 is 4.74 Å². The Kier molecular flexibility index (Phi) is 3.79.